The Morgan fingerprint density at radius 2 is 2.07 bits per heavy atom. The number of para-hydroxylation sites is 1. The van der Waals surface area contributed by atoms with Crippen LogP contribution in [0.15, 0.2) is 35.3 Å². The number of nitrogens with zero attached hydrogens (tertiary/aromatic N) is 3. The number of aliphatic imine (C=N–C) groups is 1. The van der Waals surface area contributed by atoms with Gasteiger partial charge in [0.2, 0.25) is 0 Å². The van der Waals surface area contributed by atoms with Gasteiger partial charge in [-0.25, -0.2) is 4.98 Å². The summed E-state index contributed by atoms with van der Waals surface area (Å²) in [5.74, 6) is 3.06. The first-order valence-electron chi connectivity index (χ1n) is 9.75. The number of anilines is 1. The zero-order valence-corrected chi connectivity index (χ0v) is 20.4. The van der Waals surface area contributed by atoms with E-state index in [0.717, 1.165) is 29.1 Å². The van der Waals surface area contributed by atoms with Crippen molar-refractivity contribution in [1.29, 1.82) is 0 Å². The highest BCUT2D eigenvalue weighted by Crippen LogP contribution is 2.29. The van der Waals surface area contributed by atoms with Crippen molar-refractivity contribution in [3.63, 3.8) is 0 Å². The van der Waals surface area contributed by atoms with Gasteiger partial charge in [-0.15, -0.1) is 24.0 Å². The van der Waals surface area contributed by atoms with Gasteiger partial charge in [0.15, 0.2) is 5.96 Å². The molecular formula is C21H32IN5S. The number of rotatable bonds is 6. The molecule has 1 aromatic heterocycles. The van der Waals surface area contributed by atoms with E-state index in [0.29, 0.717) is 6.04 Å². The summed E-state index contributed by atoms with van der Waals surface area (Å²) in [7, 11) is 5.90. The van der Waals surface area contributed by atoms with Crippen LogP contribution in [0.3, 0.4) is 0 Å². The largest absolute Gasteiger partial charge is 0.363 e. The summed E-state index contributed by atoms with van der Waals surface area (Å²) in [6, 6.07) is 11.0. The highest BCUT2D eigenvalue weighted by Gasteiger charge is 2.25. The SMILES string of the molecule is CCSC1CCC(NC(=NC)NCc2cc(N(C)C)nc3ccccc23)C1.I. The lowest BCUT2D eigenvalue weighted by molar-refractivity contribution is 0.615. The lowest BCUT2D eigenvalue weighted by Gasteiger charge is -2.19. The van der Waals surface area contributed by atoms with Crippen molar-refractivity contribution in [3.8, 4) is 0 Å². The van der Waals surface area contributed by atoms with E-state index < -0.39 is 0 Å². The van der Waals surface area contributed by atoms with Crippen molar-refractivity contribution in [2.75, 3.05) is 31.8 Å². The molecule has 2 aromatic rings. The molecule has 0 radical (unpaired) electrons. The van der Waals surface area contributed by atoms with Crippen molar-refractivity contribution in [3.05, 3.63) is 35.9 Å². The summed E-state index contributed by atoms with van der Waals surface area (Å²) < 4.78 is 0. The molecule has 2 N–H and O–H groups in total. The van der Waals surface area contributed by atoms with Gasteiger partial charge in [-0.05, 0) is 42.7 Å². The van der Waals surface area contributed by atoms with Crippen LogP contribution in [-0.2, 0) is 6.54 Å². The van der Waals surface area contributed by atoms with E-state index in [1.807, 2.05) is 32.1 Å². The molecule has 1 aromatic carbocycles. The monoisotopic (exact) mass is 513 g/mol. The number of halogens is 1. The number of hydrogen-bond donors (Lipinski definition) is 2. The van der Waals surface area contributed by atoms with Gasteiger partial charge in [0.1, 0.15) is 5.82 Å². The van der Waals surface area contributed by atoms with Gasteiger partial charge in [0.05, 0.1) is 5.52 Å². The fourth-order valence-corrected chi connectivity index (χ4v) is 4.78. The zero-order chi connectivity index (χ0) is 19.2. The van der Waals surface area contributed by atoms with Crippen LogP contribution in [0.25, 0.3) is 10.9 Å². The van der Waals surface area contributed by atoms with E-state index in [1.54, 1.807) is 0 Å². The first-order chi connectivity index (χ1) is 13.1. The van der Waals surface area contributed by atoms with Crippen molar-refractivity contribution < 1.29 is 0 Å². The van der Waals surface area contributed by atoms with Gasteiger partial charge in [0, 0.05) is 44.4 Å². The topological polar surface area (TPSA) is 52.6 Å². The predicted octanol–water partition coefficient (Wildman–Crippen LogP) is 4.26. The van der Waals surface area contributed by atoms with Crippen LogP contribution in [-0.4, -0.2) is 49.1 Å². The van der Waals surface area contributed by atoms with Gasteiger partial charge in [-0.3, -0.25) is 4.99 Å². The number of benzene rings is 1. The summed E-state index contributed by atoms with van der Waals surface area (Å²) in [5.41, 5.74) is 2.26. The second-order valence-corrected chi connectivity index (χ2v) is 8.79. The molecule has 7 heteroatoms. The Morgan fingerprint density at radius 1 is 1.29 bits per heavy atom. The lowest BCUT2D eigenvalue weighted by atomic mass is 10.1. The average Bonchev–Trinajstić information content (AvgIpc) is 3.11. The highest BCUT2D eigenvalue weighted by atomic mass is 127. The van der Waals surface area contributed by atoms with E-state index in [-0.39, 0.29) is 24.0 Å². The number of nitrogens with one attached hydrogen (secondary N) is 2. The van der Waals surface area contributed by atoms with Crippen molar-refractivity contribution >= 4 is 58.4 Å². The molecule has 0 saturated heterocycles. The molecule has 1 heterocycles. The van der Waals surface area contributed by atoms with Crippen LogP contribution >= 0.6 is 35.7 Å². The van der Waals surface area contributed by atoms with E-state index in [2.05, 4.69) is 58.6 Å². The maximum absolute atomic E-state index is 4.74. The number of thioether (sulfide) groups is 1. The Hall–Kier alpha value is -1.22. The van der Waals surface area contributed by atoms with Gasteiger partial charge in [0.25, 0.3) is 0 Å². The first kappa shape index (κ1) is 23.1. The van der Waals surface area contributed by atoms with E-state index in [4.69, 9.17) is 4.98 Å². The minimum absolute atomic E-state index is 0. The summed E-state index contributed by atoms with van der Waals surface area (Å²) in [4.78, 5) is 11.2. The molecule has 0 spiro atoms. The van der Waals surface area contributed by atoms with Crippen LogP contribution in [0.2, 0.25) is 0 Å². The Kier molecular flexibility index (Phi) is 9.14. The predicted molar refractivity (Wildman–Crippen MR) is 134 cm³/mol. The maximum atomic E-state index is 4.74. The molecule has 2 unspecified atom stereocenters. The molecule has 3 rings (SSSR count). The van der Waals surface area contributed by atoms with Crippen LogP contribution in [0.4, 0.5) is 5.82 Å². The third-order valence-corrected chi connectivity index (χ3v) is 6.28. The summed E-state index contributed by atoms with van der Waals surface area (Å²) in [6.45, 7) is 2.97. The molecule has 0 aliphatic heterocycles. The minimum atomic E-state index is 0. The van der Waals surface area contributed by atoms with Gasteiger partial charge < -0.3 is 15.5 Å². The van der Waals surface area contributed by atoms with Gasteiger partial charge in [-0.2, -0.15) is 11.8 Å². The third kappa shape index (κ3) is 5.89. The van der Waals surface area contributed by atoms with Crippen LogP contribution in [0.1, 0.15) is 31.7 Å². The maximum Gasteiger partial charge on any atom is 0.191 e. The number of aromatic nitrogens is 1. The number of fused-ring (bicyclic) bond motifs is 1. The highest BCUT2D eigenvalue weighted by molar-refractivity contribution is 14.0. The second-order valence-electron chi connectivity index (χ2n) is 7.21. The number of guanidine groups is 1. The molecule has 28 heavy (non-hydrogen) atoms. The molecule has 0 amide bonds. The minimum Gasteiger partial charge on any atom is -0.363 e. The first-order valence-corrected chi connectivity index (χ1v) is 10.8. The quantitative estimate of drug-likeness (QED) is 0.344. The molecule has 1 fully saturated rings. The van der Waals surface area contributed by atoms with Gasteiger partial charge in [-0.1, -0.05) is 25.1 Å². The number of pyridine rings is 1. The lowest BCUT2D eigenvalue weighted by Crippen LogP contribution is -2.42. The molecule has 1 saturated carbocycles. The average molecular weight is 513 g/mol. The molecule has 5 nitrogen and oxygen atoms in total. The van der Waals surface area contributed by atoms with E-state index >= 15 is 0 Å². The van der Waals surface area contributed by atoms with Crippen LogP contribution in [0, 0.1) is 0 Å². The van der Waals surface area contributed by atoms with E-state index in [1.165, 1.54) is 36.0 Å². The fourth-order valence-electron chi connectivity index (χ4n) is 3.63. The Morgan fingerprint density at radius 3 is 2.79 bits per heavy atom. The molecule has 2 atom stereocenters. The fraction of sp³-hybridized carbons (Fsp3) is 0.524. The molecule has 0 bridgehead atoms. The van der Waals surface area contributed by atoms with Crippen LogP contribution < -0.4 is 15.5 Å². The third-order valence-electron chi connectivity index (χ3n) is 5.04. The van der Waals surface area contributed by atoms with Crippen molar-refractivity contribution in [1.82, 2.24) is 15.6 Å². The summed E-state index contributed by atoms with van der Waals surface area (Å²) in [6.07, 6.45) is 3.75. The van der Waals surface area contributed by atoms with E-state index in [9.17, 15) is 0 Å². The molecule has 1 aliphatic carbocycles. The Bertz CT molecular complexity index is 795. The van der Waals surface area contributed by atoms with Gasteiger partial charge >= 0.3 is 0 Å². The molecular weight excluding hydrogens is 481 g/mol. The molecule has 1 aliphatic rings. The molecule has 154 valence electrons. The second kappa shape index (κ2) is 11.1. The smallest absolute Gasteiger partial charge is 0.191 e. The Balaban J connectivity index is 0.00000280. The normalized spacial score (nSPS) is 19.4. The van der Waals surface area contributed by atoms with Crippen LogP contribution in [0.5, 0.6) is 0 Å². The Labute approximate surface area is 190 Å². The standard InChI is InChI=1S/C21H31N5S.HI/c1-5-27-17-11-10-16(13-17)24-21(22-2)23-14-15-12-20(26(3)4)25-19-9-7-6-8-18(15)19;/h6-9,12,16-17H,5,10-11,13-14H2,1-4H3,(H2,22,23,24);1H. The number of hydrogen-bond acceptors (Lipinski definition) is 4. The van der Waals surface area contributed by atoms with Crippen molar-refractivity contribution in [2.24, 2.45) is 4.99 Å². The van der Waals surface area contributed by atoms with Crippen molar-refractivity contribution in [2.45, 2.75) is 44.0 Å². The summed E-state index contributed by atoms with van der Waals surface area (Å²) in [5, 5.41) is 9.09. The zero-order valence-electron chi connectivity index (χ0n) is 17.2. The summed E-state index contributed by atoms with van der Waals surface area (Å²) >= 11 is 2.08.